The van der Waals surface area contributed by atoms with E-state index in [9.17, 15) is 9.90 Å². The van der Waals surface area contributed by atoms with Crippen molar-refractivity contribution >= 4 is 5.91 Å². The van der Waals surface area contributed by atoms with Gasteiger partial charge in [-0.05, 0) is 38.8 Å². The zero-order chi connectivity index (χ0) is 14.3. The van der Waals surface area contributed by atoms with Crippen molar-refractivity contribution in [2.75, 3.05) is 32.8 Å². The standard InChI is InChI=1S/C15H28N2O3/c18-12-15(6-1-2-7-15)11-17-14(19)5-10-20-13-3-8-16-9-4-13/h13,16,18H,1-12H2,(H,17,19). The van der Waals surface area contributed by atoms with E-state index in [-0.39, 0.29) is 17.9 Å². The highest BCUT2D eigenvalue weighted by molar-refractivity contribution is 5.76. The van der Waals surface area contributed by atoms with Crippen LogP contribution in [-0.4, -0.2) is 50.0 Å². The normalized spacial score (nSPS) is 22.9. The lowest BCUT2D eigenvalue weighted by Crippen LogP contribution is -2.39. The minimum absolute atomic E-state index is 0.0404. The van der Waals surface area contributed by atoms with Gasteiger partial charge in [0.25, 0.3) is 0 Å². The second kappa shape index (κ2) is 7.96. The Labute approximate surface area is 121 Å². The summed E-state index contributed by atoms with van der Waals surface area (Å²) in [4.78, 5) is 11.8. The van der Waals surface area contributed by atoms with E-state index in [1.807, 2.05) is 0 Å². The molecule has 0 atom stereocenters. The number of carbonyl (C=O) groups excluding carboxylic acids is 1. The molecule has 3 N–H and O–H groups in total. The summed E-state index contributed by atoms with van der Waals surface area (Å²) in [6.45, 7) is 3.31. The van der Waals surface area contributed by atoms with Gasteiger partial charge in [0.1, 0.15) is 0 Å². The van der Waals surface area contributed by atoms with Crippen molar-refractivity contribution in [2.24, 2.45) is 5.41 Å². The second-order valence-corrected chi connectivity index (χ2v) is 6.21. The Bertz CT molecular complexity index is 297. The molecule has 0 aromatic rings. The quantitative estimate of drug-likeness (QED) is 0.647. The molecule has 5 heteroatoms. The van der Waals surface area contributed by atoms with E-state index >= 15 is 0 Å². The van der Waals surface area contributed by atoms with E-state index in [0.29, 0.717) is 25.7 Å². The maximum Gasteiger partial charge on any atom is 0.222 e. The SMILES string of the molecule is O=C(CCOC1CCNCC1)NCC1(CO)CCCC1. The fraction of sp³-hybridized carbons (Fsp3) is 0.933. The zero-order valence-corrected chi connectivity index (χ0v) is 12.3. The number of hydrogen-bond donors (Lipinski definition) is 3. The van der Waals surface area contributed by atoms with Gasteiger partial charge in [-0.1, -0.05) is 12.8 Å². The molecular formula is C15H28N2O3. The van der Waals surface area contributed by atoms with E-state index in [0.717, 1.165) is 51.6 Å². The lowest BCUT2D eigenvalue weighted by molar-refractivity contribution is -0.123. The molecule has 1 saturated heterocycles. The monoisotopic (exact) mass is 284 g/mol. The van der Waals surface area contributed by atoms with E-state index < -0.39 is 0 Å². The van der Waals surface area contributed by atoms with Crippen molar-refractivity contribution in [3.05, 3.63) is 0 Å². The first kappa shape index (κ1) is 15.7. The van der Waals surface area contributed by atoms with Gasteiger partial charge in [-0.3, -0.25) is 4.79 Å². The average molecular weight is 284 g/mol. The van der Waals surface area contributed by atoms with Crippen LogP contribution < -0.4 is 10.6 Å². The molecule has 0 unspecified atom stereocenters. The minimum atomic E-state index is -0.0639. The third-order valence-corrected chi connectivity index (χ3v) is 4.63. The zero-order valence-electron chi connectivity index (χ0n) is 12.3. The lowest BCUT2D eigenvalue weighted by Gasteiger charge is -2.26. The topological polar surface area (TPSA) is 70.6 Å². The fourth-order valence-electron chi connectivity index (χ4n) is 3.17. The number of ether oxygens (including phenoxy) is 1. The first-order valence-corrected chi connectivity index (χ1v) is 7.94. The summed E-state index contributed by atoms with van der Waals surface area (Å²) in [5, 5.41) is 15.7. The summed E-state index contributed by atoms with van der Waals surface area (Å²) in [5.41, 5.74) is -0.0639. The van der Waals surface area contributed by atoms with Gasteiger partial charge >= 0.3 is 0 Å². The molecule has 116 valence electrons. The molecule has 1 aliphatic heterocycles. The maximum atomic E-state index is 11.8. The third-order valence-electron chi connectivity index (χ3n) is 4.63. The molecule has 0 bridgehead atoms. The summed E-state index contributed by atoms with van der Waals surface area (Å²) in [7, 11) is 0. The van der Waals surface area contributed by atoms with Crippen molar-refractivity contribution in [1.29, 1.82) is 0 Å². The summed E-state index contributed by atoms with van der Waals surface area (Å²) in [5.74, 6) is 0.0404. The highest BCUT2D eigenvalue weighted by Crippen LogP contribution is 2.36. The smallest absolute Gasteiger partial charge is 0.222 e. The fourth-order valence-corrected chi connectivity index (χ4v) is 3.17. The van der Waals surface area contributed by atoms with E-state index in [4.69, 9.17) is 4.74 Å². The Morgan fingerprint density at radius 2 is 2.00 bits per heavy atom. The van der Waals surface area contributed by atoms with Gasteiger partial charge in [0.15, 0.2) is 0 Å². The number of rotatable bonds is 7. The van der Waals surface area contributed by atoms with Crippen molar-refractivity contribution in [3.63, 3.8) is 0 Å². The van der Waals surface area contributed by atoms with Crippen molar-refractivity contribution in [3.8, 4) is 0 Å². The van der Waals surface area contributed by atoms with E-state index in [1.54, 1.807) is 0 Å². The van der Waals surface area contributed by atoms with Gasteiger partial charge in [0.05, 0.1) is 19.3 Å². The van der Waals surface area contributed by atoms with Gasteiger partial charge in [-0.2, -0.15) is 0 Å². The Balaban J connectivity index is 1.58. The minimum Gasteiger partial charge on any atom is -0.396 e. The number of aliphatic hydroxyl groups excluding tert-OH is 1. The number of aliphatic hydroxyl groups is 1. The highest BCUT2D eigenvalue weighted by atomic mass is 16.5. The molecule has 2 rings (SSSR count). The molecule has 2 aliphatic rings. The van der Waals surface area contributed by atoms with Crippen LogP contribution in [0.15, 0.2) is 0 Å². The summed E-state index contributed by atoms with van der Waals surface area (Å²) in [6, 6.07) is 0. The van der Waals surface area contributed by atoms with Crippen LogP contribution in [0.2, 0.25) is 0 Å². The average Bonchev–Trinajstić information content (AvgIpc) is 2.96. The van der Waals surface area contributed by atoms with Crippen LogP contribution in [0.4, 0.5) is 0 Å². The van der Waals surface area contributed by atoms with Gasteiger partial charge < -0.3 is 20.5 Å². The summed E-state index contributed by atoms with van der Waals surface area (Å²) < 4.78 is 5.73. The first-order chi connectivity index (χ1) is 9.74. The Morgan fingerprint density at radius 3 is 2.65 bits per heavy atom. The first-order valence-electron chi connectivity index (χ1n) is 7.94. The Hall–Kier alpha value is -0.650. The molecule has 1 amide bonds. The molecule has 20 heavy (non-hydrogen) atoms. The third kappa shape index (κ3) is 4.72. The van der Waals surface area contributed by atoms with Crippen LogP contribution in [0.3, 0.4) is 0 Å². The Kier molecular flexibility index (Phi) is 6.26. The molecule has 0 spiro atoms. The molecule has 1 heterocycles. The van der Waals surface area contributed by atoms with Crippen molar-refractivity contribution in [1.82, 2.24) is 10.6 Å². The number of carbonyl (C=O) groups is 1. The number of amides is 1. The van der Waals surface area contributed by atoms with Crippen molar-refractivity contribution < 1.29 is 14.6 Å². The number of hydrogen-bond acceptors (Lipinski definition) is 4. The highest BCUT2D eigenvalue weighted by Gasteiger charge is 2.33. The molecule has 0 aromatic carbocycles. The van der Waals surface area contributed by atoms with Crippen LogP contribution in [0, 0.1) is 5.41 Å². The Morgan fingerprint density at radius 1 is 1.30 bits per heavy atom. The number of nitrogens with one attached hydrogen (secondary N) is 2. The van der Waals surface area contributed by atoms with Gasteiger partial charge in [-0.15, -0.1) is 0 Å². The van der Waals surface area contributed by atoms with Gasteiger partial charge in [0.2, 0.25) is 5.91 Å². The lowest BCUT2D eigenvalue weighted by atomic mass is 9.87. The van der Waals surface area contributed by atoms with Crippen LogP contribution in [0.5, 0.6) is 0 Å². The molecule has 0 radical (unpaired) electrons. The van der Waals surface area contributed by atoms with E-state index in [2.05, 4.69) is 10.6 Å². The van der Waals surface area contributed by atoms with Gasteiger partial charge in [0, 0.05) is 18.4 Å². The largest absolute Gasteiger partial charge is 0.396 e. The maximum absolute atomic E-state index is 11.8. The summed E-state index contributed by atoms with van der Waals surface area (Å²) >= 11 is 0. The van der Waals surface area contributed by atoms with E-state index in [1.165, 1.54) is 0 Å². The second-order valence-electron chi connectivity index (χ2n) is 6.21. The van der Waals surface area contributed by atoms with Crippen LogP contribution in [0.1, 0.15) is 44.9 Å². The van der Waals surface area contributed by atoms with Crippen LogP contribution >= 0.6 is 0 Å². The number of piperidine rings is 1. The molecule has 1 aliphatic carbocycles. The molecule has 5 nitrogen and oxygen atoms in total. The predicted octanol–water partition coefficient (Wildman–Crippen LogP) is 0.814. The van der Waals surface area contributed by atoms with Gasteiger partial charge in [-0.25, -0.2) is 0 Å². The van der Waals surface area contributed by atoms with Crippen LogP contribution in [0.25, 0.3) is 0 Å². The molecule has 1 saturated carbocycles. The van der Waals surface area contributed by atoms with Crippen molar-refractivity contribution in [2.45, 2.75) is 51.0 Å². The predicted molar refractivity (Wildman–Crippen MR) is 77.5 cm³/mol. The molecule has 2 fully saturated rings. The molecular weight excluding hydrogens is 256 g/mol. The molecule has 0 aromatic heterocycles. The van der Waals surface area contributed by atoms with Crippen LogP contribution in [-0.2, 0) is 9.53 Å². The summed E-state index contributed by atoms with van der Waals surface area (Å²) in [6.07, 6.45) is 7.17.